The van der Waals surface area contributed by atoms with E-state index in [0.717, 1.165) is 5.56 Å². The SMILES string of the molecule is CC(=O)Nc1cnc(-c2ccccc2)o1. The molecule has 0 aliphatic heterocycles. The Kier molecular flexibility index (Phi) is 2.49. The molecule has 1 N–H and O–H groups in total. The van der Waals surface area contributed by atoms with Crippen LogP contribution in [0.25, 0.3) is 11.5 Å². The molecule has 0 bridgehead atoms. The van der Waals surface area contributed by atoms with E-state index in [2.05, 4.69) is 10.3 Å². The molecular weight excluding hydrogens is 192 g/mol. The number of rotatable bonds is 2. The Morgan fingerprint density at radius 1 is 1.33 bits per heavy atom. The topological polar surface area (TPSA) is 55.1 Å². The van der Waals surface area contributed by atoms with Gasteiger partial charge in [-0.2, -0.15) is 0 Å². The Morgan fingerprint density at radius 2 is 2.07 bits per heavy atom. The largest absolute Gasteiger partial charge is 0.420 e. The summed E-state index contributed by atoms with van der Waals surface area (Å²) < 4.78 is 5.34. The summed E-state index contributed by atoms with van der Waals surface area (Å²) in [6.45, 7) is 1.42. The van der Waals surface area contributed by atoms with Gasteiger partial charge in [0.15, 0.2) is 0 Å². The lowest BCUT2D eigenvalue weighted by Crippen LogP contribution is -2.04. The van der Waals surface area contributed by atoms with E-state index >= 15 is 0 Å². The number of hydrogen-bond acceptors (Lipinski definition) is 3. The molecule has 76 valence electrons. The lowest BCUT2D eigenvalue weighted by atomic mass is 10.2. The van der Waals surface area contributed by atoms with Crippen LogP contribution in [-0.4, -0.2) is 10.9 Å². The number of nitrogens with zero attached hydrogens (tertiary/aromatic N) is 1. The van der Waals surface area contributed by atoms with E-state index in [1.807, 2.05) is 30.3 Å². The van der Waals surface area contributed by atoms with Gasteiger partial charge in [0.2, 0.25) is 17.7 Å². The molecule has 0 saturated heterocycles. The number of amides is 1. The third-order valence-electron chi connectivity index (χ3n) is 1.83. The van der Waals surface area contributed by atoms with Gasteiger partial charge in [0.1, 0.15) is 0 Å². The first-order chi connectivity index (χ1) is 7.25. The van der Waals surface area contributed by atoms with Crippen molar-refractivity contribution in [2.75, 3.05) is 5.32 Å². The second kappa shape index (κ2) is 3.96. The molecule has 2 rings (SSSR count). The quantitative estimate of drug-likeness (QED) is 0.812. The second-order valence-corrected chi connectivity index (χ2v) is 3.08. The molecule has 0 radical (unpaired) electrons. The van der Waals surface area contributed by atoms with Crippen molar-refractivity contribution in [3.8, 4) is 11.5 Å². The van der Waals surface area contributed by atoms with Crippen molar-refractivity contribution >= 4 is 11.8 Å². The number of aromatic nitrogens is 1. The molecule has 0 fully saturated rings. The van der Waals surface area contributed by atoms with Crippen LogP contribution in [0.2, 0.25) is 0 Å². The van der Waals surface area contributed by atoms with E-state index in [1.165, 1.54) is 13.1 Å². The van der Waals surface area contributed by atoms with Crippen molar-refractivity contribution in [2.45, 2.75) is 6.92 Å². The minimum atomic E-state index is -0.175. The van der Waals surface area contributed by atoms with Crippen LogP contribution in [-0.2, 0) is 4.79 Å². The number of anilines is 1. The highest BCUT2D eigenvalue weighted by Crippen LogP contribution is 2.20. The molecule has 0 unspecified atom stereocenters. The summed E-state index contributed by atoms with van der Waals surface area (Å²) in [7, 11) is 0. The number of oxazole rings is 1. The molecule has 1 aromatic carbocycles. The zero-order valence-corrected chi connectivity index (χ0v) is 8.23. The van der Waals surface area contributed by atoms with Gasteiger partial charge in [-0.25, -0.2) is 4.98 Å². The van der Waals surface area contributed by atoms with Gasteiger partial charge in [0.25, 0.3) is 0 Å². The van der Waals surface area contributed by atoms with Gasteiger partial charge >= 0.3 is 0 Å². The van der Waals surface area contributed by atoms with Crippen LogP contribution in [0.4, 0.5) is 5.88 Å². The van der Waals surface area contributed by atoms with Crippen molar-refractivity contribution in [3.05, 3.63) is 36.5 Å². The van der Waals surface area contributed by atoms with Gasteiger partial charge in [-0.15, -0.1) is 0 Å². The van der Waals surface area contributed by atoms with Gasteiger partial charge in [-0.1, -0.05) is 18.2 Å². The maximum absolute atomic E-state index is 10.8. The number of hydrogen-bond donors (Lipinski definition) is 1. The van der Waals surface area contributed by atoms with E-state index in [0.29, 0.717) is 11.8 Å². The van der Waals surface area contributed by atoms with Gasteiger partial charge in [-0.3, -0.25) is 10.1 Å². The summed E-state index contributed by atoms with van der Waals surface area (Å²) >= 11 is 0. The lowest BCUT2D eigenvalue weighted by molar-refractivity contribution is -0.114. The Hall–Kier alpha value is -2.10. The Bertz CT molecular complexity index is 462. The van der Waals surface area contributed by atoms with Crippen LogP contribution in [0.1, 0.15) is 6.92 Å². The molecule has 0 atom stereocenters. The first-order valence-electron chi connectivity index (χ1n) is 4.54. The predicted octanol–water partition coefficient (Wildman–Crippen LogP) is 2.30. The smallest absolute Gasteiger partial charge is 0.228 e. The van der Waals surface area contributed by atoms with Gasteiger partial charge < -0.3 is 4.42 Å². The Morgan fingerprint density at radius 3 is 2.73 bits per heavy atom. The highest BCUT2D eigenvalue weighted by atomic mass is 16.4. The average Bonchev–Trinajstić information content (AvgIpc) is 2.67. The number of nitrogens with one attached hydrogen (secondary N) is 1. The fraction of sp³-hybridized carbons (Fsp3) is 0.0909. The van der Waals surface area contributed by atoms with Crippen molar-refractivity contribution in [1.82, 2.24) is 4.98 Å². The highest BCUT2D eigenvalue weighted by molar-refractivity contribution is 5.87. The summed E-state index contributed by atoms with van der Waals surface area (Å²) in [5.74, 6) is 0.687. The third kappa shape index (κ3) is 2.22. The molecular formula is C11H10N2O2. The van der Waals surface area contributed by atoms with E-state index < -0.39 is 0 Å². The van der Waals surface area contributed by atoms with Crippen LogP contribution < -0.4 is 5.32 Å². The summed E-state index contributed by atoms with van der Waals surface area (Å²) in [6.07, 6.45) is 1.49. The van der Waals surface area contributed by atoms with Gasteiger partial charge in [-0.05, 0) is 12.1 Å². The zero-order chi connectivity index (χ0) is 10.7. The molecule has 2 aromatic rings. The molecule has 15 heavy (non-hydrogen) atoms. The van der Waals surface area contributed by atoms with Crippen molar-refractivity contribution in [1.29, 1.82) is 0 Å². The Balaban J connectivity index is 2.24. The van der Waals surface area contributed by atoms with Crippen molar-refractivity contribution in [2.24, 2.45) is 0 Å². The second-order valence-electron chi connectivity index (χ2n) is 3.08. The number of carbonyl (C=O) groups excluding carboxylic acids is 1. The van der Waals surface area contributed by atoms with E-state index in [1.54, 1.807) is 0 Å². The number of carbonyl (C=O) groups is 1. The minimum Gasteiger partial charge on any atom is -0.420 e. The summed E-state index contributed by atoms with van der Waals surface area (Å²) in [6, 6.07) is 9.50. The van der Waals surface area contributed by atoms with E-state index in [9.17, 15) is 4.79 Å². The monoisotopic (exact) mass is 202 g/mol. The first-order valence-corrected chi connectivity index (χ1v) is 4.54. The van der Waals surface area contributed by atoms with Crippen molar-refractivity contribution < 1.29 is 9.21 Å². The predicted molar refractivity (Wildman–Crippen MR) is 56.2 cm³/mol. The normalized spacial score (nSPS) is 9.93. The fourth-order valence-electron chi connectivity index (χ4n) is 1.22. The van der Waals surface area contributed by atoms with Crippen LogP contribution in [0.15, 0.2) is 40.9 Å². The van der Waals surface area contributed by atoms with E-state index in [4.69, 9.17) is 4.42 Å². The highest BCUT2D eigenvalue weighted by Gasteiger charge is 2.06. The van der Waals surface area contributed by atoms with Crippen molar-refractivity contribution in [3.63, 3.8) is 0 Å². The molecule has 1 amide bonds. The number of benzene rings is 1. The van der Waals surface area contributed by atoms with Crippen LogP contribution in [0, 0.1) is 0 Å². The molecule has 0 aliphatic carbocycles. The Labute approximate surface area is 86.9 Å². The molecule has 1 aromatic heterocycles. The van der Waals surface area contributed by atoms with Crippen LogP contribution in [0.5, 0.6) is 0 Å². The summed E-state index contributed by atoms with van der Waals surface area (Å²) in [4.78, 5) is 14.8. The fourth-order valence-corrected chi connectivity index (χ4v) is 1.22. The molecule has 1 heterocycles. The van der Waals surface area contributed by atoms with E-state index in [-0.39, 0.29) is 5.91 Å². The average molecular weight is 202 g/mol. The zero-order valence-electron chi connectivity index (χ0n) is 8.23. The maximum Gasteiger partial charge on any atom is 0.228 e. The standard InChI is InChI=1S/C11H10N2O2/c1-8(14)13-10-7-12-11(15-10)9-5-3-2-4-6-9/h2-7H,1H3,(H,13,14). The van der Waals surface area contributed by atoms with Gasteiger partial charge in [0, 0.05) is 12.5 Å². The summed E-state index contributed by atoms with van der Waals surface area (Å²) in [5.41, 5.74) is 0.883. The molecule has 0 aliphatic rings. The van der Waals surface area contributed by atoms with Crippen LogP contribution in [0.3, 0.4) is 0 Å². The molecule has 4 heteroatoms. The lowest BCUT2D eigenvalue weighted by Gasteiger charge is -1.95. The first kappa shape index (κ1) is 9.45. The molecule has 0 spiro atoms. The third-order valence-corrected chi connectivity index (χ3v) is 1.83. The minimum absolute atomic E-state index is 0.175. The van der Waals surface area contributed by atoms with Crippen LogP contribution >= 0.6 is 0 Å². The molecule has 0 saturated carbocycles. The summed E-state index contributed by atoms with van der Waals surface area (Å²) in [5, 5.41) is 2.53. The van der Waals surface area contributed by atoms with Gasteiger partial charge in [0.05, 0.1) is 6.20 Å². The maximum atomic E-state index is 10.8. The molecule has 4 nitrogen and oxygen atoms in total.